The second-order valence-electron chi connectivity index (χ2n) is 5.36. The molecule has 0 saturated carbocycles. The lowest BCUT2D eigenvalue weighted by Crippen LogP contribution is -2.34. The molecule has 0 aliphatic rings. The van der Waals surface area contributed by atoms with Gasteiger partial charge in [0.05, 0.1) is 24.9 Å². The molecule has 1 amide bonds. The van der Waals surface area contributed by atoms with Crippen LogP contribution in [0.15, 0.2) is 27.8 Å². The molecule has 1 N–H and O–H groups in total. The molecule has 0 unspecified atom stereocenters. The van der Waals surface area contributed by atoms with Crippen molar-refractivity contribution in [3.63, 3.8) is 0 Å². The van der Waals surface area contributed by atoms with Crippen molar-refractivity contribution in [2.45, 2.75) is 26.4 Å². The van der Waals surface area contributed by atoms with E-state index < -0.39 is 17.6 Å². The highest BCUT2D eigenvalue weighted by atomic mass is 16.6. The lowest BCUT2D eigenvalue weighted by molar-refractivity contribution is 0.0529. The third-order valence-corrected chi connectivity index (χ3v) is 2.37. The van der Waals surface area contributed by atoms with E-state index in [1.54, 1.807) is 32.9 Å². The van der Waals surface area contributed by atoms with E-state index in [9.17, 15) is 4.79 Å². The van der Waals surface area contributed by atoms with E-state index in [0.29, 0.717) is 5.76 Å². The topological polar surface area (TPSA) is 111 Å². The van der Waals surface area contributed by atoms with Crippen LogP contribution in [0, 0.1) is 28.6 Å². The first-order chi connectivity index (χ1) is 10.4. The molecule has 7 heteroatoms. The summed E-state index contributed by atoms with van der Waals surface area (Å²) in [5, 5.41) is 20.5. The van der Waals surface area contributed by atoms with Crippen LogP contribution in [0.5, 0.6) is 0 Å². The van der Waals surface area contributed by atoms with Crippen molar-refractivity contribution in [3.05, 3.63) is 24.2 Å². The molecule has 0 saturated heterocycles. The highest BCUT2D eigenvalue weighted by Gasteiger charge is 2.19. The van der Waals surface area contributed by atoms with Crippen LogP contribution < -0.4 is 5.32 Å². The SMILES string of the molecule is CC(C)(C)OC(=O)NCCN=C(c1ccco1)C(C#N)C#N. The Hall–Kier alpha value is -2.80. The van der Waals surface area contributed by atoms with E-state index >= 15 is 0 Å². The summed E-state index contributed by atoms with van der Waals surface area (Å²) in [4.78, 5) is 15.7. The molecule has 0 aliphatic carbocycles. The Morgan fingerprint density at radius 3 is 2.64 bits per heavy atom. The van der Waals surface area contributed by atoms with Gasteiger partial charge in [-0.1, -0.05) is 0 Å². The van der Waals surface area contributed by atoms with Gasteiger partial charge in [-0.05, 0) is 32.9 Å². The number of carbonyl (C=O) groups is 1. The maximum atomic E-state index is 11.5. The predicted molar refractivity (Wildman–Crippen MR) is 79.1 cm³/mol. The second kappa shape index (κ2) is 7.84. The molecule has 1 aromatic heterocycles. The van der Waals surface area contributed by atoms with E-state index in [1.807, 2.05) is 12.1 Å². The van der Waals surface area contributed by atoms with Crippen LogP contribution in [0.1, 0.15) is 26.5 Å². The van der Waals surface area contributed by atoms with Crippen molar-refractivity contribution in [1.29, 1.82) is 10.5 Å². The molecule has 22 heavy (non-hydrogen) atoms. The molecule has 0 radical (unpaired) electrons. The summed E-state index contributed by atoms with van der Waals surface area (Å²) in [7, 11) is 0. The maximum Gasteiger partial charge on any atom is 0.407 e. The third kappa shape index (κ3) is 5.68. The van der Waals surface area contributed by atoms with Crippen LogP contribution in [-0.4, -0.2) is 30.5 Å². The quantitative estimate of drug-likeness (QED) is 0.662. The Kier molecular flexibility index (Phi) is 6.15. The highest BCUT2D eigenvalue weighted by molar-refractivity contribution is 6.03. The number of carbonyl (C=O) groups excluding carboxylic acids is 1. The van der Waals surface area contributed by atoms with Gasteiger partial charge in [0.25, 0.3) is 0 Å². The number of hydrogen-bond acceptors (Lipinski definition) is 6. The number of nitriles is 2. The largest absolute Gasteiger partial charge is 0.463 e. The number of aliphatic imine (C=N–C) groups is 1. The van der Waals surface area contributed by atoms with E-state index in [-0.39, 0.29) is 18.8 Å². The fourth-order valence-electron chi connectivity index (χ4n) is 1.54. The number of nitrogens with one attached hydrogen (secondary N) is 1. The second-order valence-corrected chi connectivity index (χ2v) is 5.36. The fourth-order valence-corrected chi connectivity index (χ4v) is 1.54. The number of alkyl carbamates (subject to hydrolysis) is 1. The van der Waals surface area contributed by atoms with Crippen molar-refractivity contribution < 1.29 is 13.9 Å². The number of nitrogens with zero attached hydrogens (tertiary/aromatic N) is 3. The average Bonchev–Trinajstić information content (AvgIpc) is 2.94. The number of hydrogen-bond donors (Lipinski definition) is 1. The molecule has 116 valence electrons. The predicted octanol–water partition coefficient (Wildman–Crippen LogP) is 2.26. The van der Waals surface area contributed by atoms with Gasteiger partial charge in [0.2, 0.25) is 0 Å². The lowest BCUT2D eigenvalue weighted by atomic mass is 10.0. The van der Waals surface area contributed by atoms with Crippen LogP contribution in [0.4, 0.5) is 4.79 Å². The van der Waals surface area contributed by atoms with Gasteiger partial charge in [-0.25, -0.2) is 4.79 Å². The van der Waals surface area contributed by atoms with Crippen LogP contribution in [0.3, 0.4) is 0 Å². The molecule has 0 aliphatic heterocycles. The zero-order valence-electron chi connectivity index (χ0n) is 12.8. The third-order valence-electron chi connectivity index (χ3n) is 2.37. The van der Waals surface area contributed by atoms with E-state index in [4.69, 9.17) is 19.7 Å². The monoisotopic (exact) mass is 302 g/mol. The van der Waals surface area contributed by atoms with Gasteiger partial charge in [-0.2, -0.15) is 10.5 Å². The fraction of sp³-hybridized carbons (Fsp3) is 0.467. The van der Waals surface area contributed by atoms with Gasteiger partial charge in [0.15, 0.2) is 5.92 Å². The minimum atomic E-state index is -1.02. The Bertz CT molecular complexity index is 586. The first-order valence-corrected chi connectivity index (χ1v) is 6.71. The minimum Gasteiger partial charge on any atom is -0.463 e. The Labute approximate surface area is 129 Å². The molecular formula is C15H18N4O3. The van der Waals surface area contributed by atoms with Crippen molar-refractivity contribution in [2.75, 3.05) is 13.1 Å². The van der Waals surface area contributed by atoms with Gasteiger partial charge < -0.3 is 14.5 Å². The van der Waals surface area contributed by atoms with Crippen molar-refractivity contribution in [2.24, 2.45) is 10.9 Å². The highest BCUT2D eigenvalue weighted by Crippen LogP contribution is 2.10. The molecule has 0 bridgehead atoms. The number of amides is 1. The molecule has 0 aromatic carbocycles. The van der Waals surface area contributed by atoms with Crippen molar-refractivity contribution in [1.82, 2.24) is 5.32 Å². The molecule has 7 nitrogen and oxygen atoms in total. The Morgan fingerprint density at radius 2 is 2.14 bits per heavy atom. The van der Waals surface area contributed by atoms with Gasteiger partial charge in [-0.3, -0.25) is 4.99 Å². The molecule has 0 atom stereocenters. The molecule has 1 heterocycles. The summed E-state index contributed by atoms with van der Waals surface area (Å²) in [6.45, 7) is 5.73. The zero-order valence-corrected chi connectivity index (χ0v) is 12.8. The Morgan fingerprint density at radius 1 is 1.45 bits per heavy atom. The first kappa shape index (κ1) is 17.3. The van der Waals surface area contributed by atoms with Crippen LogP contribution in [0.25, 0.3) is 0 Å². The number of ether oxygens (including phenoxy) is 1. The van der Waals surface area contributed by atoms with Gasteiger partial charge in [-0.15, -0.1) is 0 Å². The number of furan rings is 1. The zero-order chi connectivity index (χ0) is 16.6. The summed E-state index contributed by atoms with van der Waals surface area (Å²) >= 11 is 0. The van der Waals surface area contributed by atoms with E-state index in [0.717, 1.165) is 0 Å². The maximum absolute atomic E-state index is 11.5. The van der Waals surface area contributed by atoms with Crippen molar-refractivity contribution >= 4 is 11.8 Å². The summed E-state index contributed by atoms with van der Waals surface area (Å²) in [5.74, 6) is -0.655. The summed E-state index contributed by atoms with van der Waals surface area (Å²) in [5.41, 5.74) is -0.319. The first-order valence-electron chi connectivity index (χ1n) is 6.71. The van der Waals surface area contributed by atoms with E-state index in [2.05, 4.69) is 10.3 Å². The van der Waals surface area contributed by atoms with Gasteiger partial charge >= 0.3 is 6.09 Å². The molecule has 0 fully saturated rings. The molecule has 0 spiro atoms. The van der Waals surface area contributed by atoms with Crippen molar-refractivity contribution in [3.8, 4) is 12.1 Å². The van der Waals surface area contributed by atoms with E-state index in [1.165, 1.54) is 6.26 Å². The van der Waals surface area contributed by atoms with Crippen LogP contribution in [0.2, 0.25) is 0 Å². The molecule has 1 rings (SSSR count). The normalized spacial score (nSPS) is 11.6. The van der Waals surface area contributed by atoms with Crippen LogP contribution in [-0.2, 0) is 4.74 Å². The summed E-state index contributed by atoms with van der Waals surface area (Å²) in [6.07, 6.45) is 0.898. The average molecular weight is 302 g/mol. The van der Waals surface area contributed by atoms with Gasteiger partial charge in [0, 0.05) is 6.54 Å². The summed E-state index contributed by atoms with van der Waals surface area (Å²) in [6, 6.07) is 6.99. The standard InChI is InChI=1S/C15H18N4O3/c1-15(2,3)22-14(20)19-7-6-18-13(11(9-16)10-17)12-5-4-8-21-12/h4-5,8,11H,6-7H2,1-3H3,(H,19,20). The smallest absolute Gasteiger partial charge is 0.407 e. The Balaban J connectivity index is 2.63. The molecular weight excluding hydrogens is 284 g/mol. The number of rotatable bonds is 5. The minimum absolute atomic E-state index is 0.204. The summed E-state index contributed by atoms with van der Waals surface area (Å²) < 4.78 is 10.3. The van der Waals surface area contributed by atoms with Gasteiger partial charge in [0.1, 0.15) is 17.1 Å². The lowest BCUT2D eigenvalue weighted by Gasteiger charge is -2.19. The van der Waals surface area contributed by atoms with Crippen LogP contribution >= 0.6 is 0 Å². The molecule has 1 aromatic rings.